The van der Waals surface area contributed by atoms with E-state index in [0.29, 0.717) is 31.7 Å². The standard InChI is InChI=1S/C16H20N2O3/c1-13-2-4-14(5-3-13)15(20)6-7-16(21)18-10-8-17(12-19)9-11-18/h2-5,12H,6-11H2,1H3. The summed E-state index contributed by atoms with van der Waals surface area (Å²) >= 11 is 0. The Labute approximate surface area is 124 Å². The molecular weight excluding hydrogens is 268 g/mol. The lowest BCUT2D eigenvalue weighted by molar-refractivity contribution is -0.135. The van der Waals surface area contributed by atoms with Gasteiger partial charge in [-0.1, -0.05) is 29.8 Å². The molecule has 1 heterocycles. The van der Waals surface area contributed by atoms with E-state index in [1.54, 1.807) is 21.9 Å². The molecule has 1 saturated heterocycles. The molecule has 0 unspecified atom stereocenters. The first kappa shape index (κ1) is 15.2. The zero-order valence-electron chi connectivity index (χ0n) is 12.2. The minimum atomic E-state index is -0.0130. The largest absolute Gasteiger partial charge is 0.342 e. The van der Waals surface area contributed by atoms with Crippen LogP contribution in [0.25, 0.3) is 0 Å². The minimum Gasteiger partial charge on any atom is -0.342 e. The van der Waals surface area contributed by atoms with Crippen molar-refractivity contribution in [3.8, 4) is 0 Å². The van der Waals surface area contributed by atoms with Gasteiger partial charge in [-0.15, -0.1) is 0 Å². The summed E-state index contributed by atoms with van der Waals surface area (Å²) in [7, 11) is 0. The average molecular weight is 288 g/mol. The topological polar surface area (TPSA) is 57.7 Å². The number of amides is 2. The first-order valence-corrected chi connectivity index (χ1v) is 7.17. The zero-order chi connectivity index (χ0) is 15.2. The van der Waals surface area contributed by atoms with Crippen LogP contribution < -0.4 is 0 Å². The van der Waals surface area contributed by atoms with Crippen LogP contribution in [0.5, 0.6) is 0 Å². The van der Waals surface area contributed by atoms with Crippen molar-refractivity contribution < 1.29 is 14.4 Å². The van der Waals surface area contributed by atoms with E-state index >= 15 is 0 Å². The summed E-state index contributed by atoms with van der Waals surface area (Å²) in [5.74, 6) is -0.0177. The van der Waals surface area contributed by atoms with Crippen LogP contribution in [0.3, 0.4) is 0 Å². The second kappa shape index (κ2) is 7.02. The molecule has 0 atom stereocenters. The molecule has 1 aromatic rings. The van der Waals surface area contributed by atoms with Gasteiger partial charge < -0.3 is 9.80 Å². The van der Waals surface area contributed by atoms with Crippen molar-refractivity contribution in [2.45, 2.75) is 19.8 Å². The number of hydrogen-bond acceptors (Lipinski definition) is 3. The predicted molar refractivity (Wildman–Crippen MR) is 79.0 cm³/mol. The molecule has 0 radical (unpaired) electrons. The molecule has 0 aromatic heterocycles. The predicted octanol–water partition coefficient (Wildman–Crippen LogP) is 1.26. The van der Waals surface area contributed by atoms with Gasteiger partial charge >= 0.3 is 0 Å². The molecular formula is C16H20N2O3. The normalized spacial score (nSPS) is 14.9. The summed E-state index contributed by atoms with van der Waals surface area (Å²) in [4.78, 5) is 38.1. The number of ketones is 1. The van der Waals surface area contributed by atoms with Crippen molar-refractivity contribution in [3.63, 3.8) is 0 Å². The van der Waals surface area contributed by atoms with E-state index in [-0.39, 0.29) is 24.5 Å². The van der Waals surface area contributed by atoms with Crippen molar-refractivity contribution in [1.82, 2.24) is 9.80 Å². The van der Waals surface area contributed by atoms with Gasteiger partial charge in [0.25, 0.3) is 0 Å². The maximum Gasteiger partial charge on any atom is 0.223 e. The number of Topliss-reactive ketones (excluding diaryl/α,β-unsaturated/α-hetero) is 1. The Morgan fingerprint density at radius 1 is 1.05 bits per heavy atom. The van der Waals surface area contributed by atoms with Crippen LogP contribution in [0, 0.1) is 6.92 Å². The van der Waals surface area contributed by atoms with Crippen LogP contribution in [0.4, 0.5) is 0 Å². The summed E-state index contributed by atoms with van der Waals surface area (Å²) in [5, 5.41) is 0. The molecule has 5 nitrogen and oxygen atoms in total. The van der Waals surface area contributed by atoms with E-state index in [4.69, 9.17) is 0 Å². The Kier molecular flexibility index (Phi) is 5.09. The maximum absolute atomic E-state index is 12.0. The van der Waals surface area contributed by atoms with Crippen molar-refractivity contribution in [2.24, 2.45) is 0 Å². The van der Waals surface area contributed by atoms with Crippen LogP contribution in [-0.2, 0) is 9.59 Å². The third kappa shape index (κ3) is 4.15. The number of hydrogen-bond donors (Lipinski definition) is 0. The number of rotatable bonds is 5. The molecule has 112 valence electrons. The highest BCUT2D eigenvalue weighted by atomic mass is 16.2. The summed E-state index contributed by atoms with van der Waals surface area (Å²) in [6.45, 7) is 4.21. The van der Waals surface area contributed by atoms with Gasteiger partial charge in [-0.25, -0.2) is 0 Å². The molecule has 2 amide bonds. The molecule has 1 aliphatic heterocycles. The first-order chi connectivity index (χ1) is 10.1. The van der Waals surface area contributed by atoms with Crippen LogP contribution in [0.15, 0.2) is 24.3 Å². The van der Waals surface area contributed by atoms with Gasteiger partial charge in [0.15, 0.2) is 5.78 Å². The van der Waals surface area contributed by atoms with Crippen LogP contribution in [-0.4, -0.2) is 54.1 Å². The lowest BCUT2D eigenvalue weighted by Gasteiger charge is -2.32. The van der Waals surface area contributed by atoms with Crippen molar-refractivity contribution in [2.75, 3.05) is 26.2 Å². The van der Waals surface area contributed by atoms with E-state index in [9.17, 15) is 14.4 Å². The highest BCUT2D eigenvalue weighted by molar-refractivity contribution is 5.98. The molecule has 5 heteroatoms. The second-order valence-electron chi connectivity index (χ2n) is 5.31. The summed E-state index contributed by atoms with van der Waals surface area (Å²) in [6, 6.07) is 7.39. The number of nitrogens with zero attached hydrogens (tertiary/aromatic N) is 2. The third-order valence-electron chi connectivity index (χ3n) is 3.76. The third-order valence-corrected chi connectivity index (χ3v) is 3.76. The second-order valence-corrected chi connectivity index (χ2v) is 5.31. The smallest absolute Gasteiger partial charge is 0.223 e. The van der Waals surface area contributed by atoms with Crippen LogP contribution in [0.1, 0.15) is 28.8 Å². The van der Waals surface area contributed by atoms with E-state index in [1.807, 2.05) is 19.1 Å². The van der Waals surface area contributed by atoms with Gasteiger partial charge in [-0.05, 0) is 6.92 Å². The monoisotopic (exact) mass is 288 g/mol. The first-order valence-electron chi connectivity index (χ1n) is 7.17. The fourth-order valence-corrected chi connectivity index (χ4v) is 2.34. The minimum absolute atomic E-state index is 0.00474. The quantitative estimate of drug-likeness (QED) is 0.605. The van der Waals surface area contributed by atoms with E-state index in [2.05, 4.69) is 0 Å². The fourth-order valence-electron chi connectivity index (χ4n) is 2.34. The number of carbonyl (C=O) groups is 3. The highest BCUT2D eigenvalue weighted by Gasteiger charge is 2.20. The van der Waals surface area contributed by atoms with E-state index in [1.165, 1.54) is 0 Å². The molecule has 0 saturated carbocycles. The van der Waals surface area contributed by atoms with Crippen LogP contribution in [0.2, 0.25) is 0 Å². The van der Waals surface area contributed by atoms with Gasteiger partial charge in [0.2, 0.25) is 12.3 Å². The molecule has 0 bridgehead atoms. The molecule has 2 rings (SSSR count). The van der Waals surface area contributed by atoms with Crippen molar-refractivity contribution in [1.29, 1.82) is 0 Å². The molecule has 1 aliphatic rings. The average Bonchev–Trinajstić information content (AvgIpc) is 2.53. The molecule has 1 aromatic carbocycles. The number of carbonyl (C=O) groups excluding carboxylic acids is 3. The van der Waals surface area contributed by atoms with Gasteiger partial charge in [-0.2, -0.15) is 0 Å². The van der Waals surface area contributed by atoms with Crippen LogP contribution >= 0.6 is 0 Å². The number of aryl methyl sites for hydroxylation is 1. The molecule has 1 fully saturated rings. The maximum atomic E-state index is 12.0. The van der Waals surface area contributed by atoms with E-state index in [0.717, 1.165) is 12.0 Å². The Morgan fingerprint density at radius 3 is 2.24 bits per heavy atom. The lowest BCUT2D eigenvalue weighted by Crippen LogP contribution is -2.48. The fraction of sp³-hybridized carbons (Fsp3) is 0.438. The summed E-state index contributed by atoms with van der Waals surface area (Å²) in [5.41, 5.74) is 1.76. The SMILES string of the molecule is Cc1ccc(C(=O)CCC(=O)N2CCN(C=O)CC2)cc1. The zero-order valence-corrected chi connectivity index (χ0v) is 12.2. The Hall–Kier alpha value is -2.17. The molecule has 0 spiro atoms. The Balaban J connectivity index is 1.80. The summed E-state index contributed by atoms with van der Waals surface area (Å²) < 4.78 is 0. The highest BCUT2D eigenvalue weighted by Crippen LogP contribution is 2.10. The van der Waals surface area contributed by atoms with Gasteiger partial charge in [-0.3, -0.25) is 14.4 Å². The van der Waals surface area contributed by atoms with E-state index < -0.39 is 0 Å². The Bertz CT molecular complexity index is 517. The molecule has 0 aliphatic carbocycles. The number of benzene rings is 1. The summed E-state index contributed by atoms with van der Waals surface area (Å²) in [6.07, 6.45) is 1.27. The molecule has 21 heavy (non-hydrogen) atoms. The van der Waals surface area contributed by atoms with Gasteiger partial charge in [0, 0.05) is 44.6 Å². The van der Waals surface area contributed by atoms with Crippen molar-refractivity contribution >= 4 is 18.1 Å². The van der Waals surface area contributed by atoms with Gasteiger partial charge in [0.1, 0.15) is 0 Å². The number of piperazine rings is 1. The Morgan fingerprint density at radius 2 is 1.67 bits per heavy atom. The van der Waals surface area contributed by atoms with Gasteiger partial charge in [0.05, 0.1) is 0 Å². The lowest BCUT2D eigenvalue weighted by atomic mass is 10.0. The van der Waals surface area contributed by atoms with Crippen molar-refractivity contribution in [3.05, 3.63) is 35.4 Å². The molecule has 0 N–H and O–H groups in total.